The summed E-state index contributed by atoms with van der Waals surface area (Å²) in [5, 5.41) is 11.5. The van der Waals surface area contributed by atoms with Gasteiger partial charge in [-0.05, 0) is 30.2 Å². The minimum Gasteiger partial charge on any atom is -0.481 e. The van der Waals surface area contributed by atoms with Crippen molar-refractivity contribution in [2.24, 2.45) is 5.73 Å². The summed E-state index contributed by atoms with van der Waals surface area (Å²) in [5.74, 6) is -0.834. The number of carboxylic acid groups (broad SMARTS) is 1. The lowest BCUT2D eigenvalue weighted by molar-refractivity contribution is -0.139. The second kappa shape index (κ2) is 4.91. The van der Waals surface area contributed by atoms with Gasteiger partial charge >= 0.3 is 5.97 Å². The number of benzene rings is 2. The normalized spacial score (nSPS) is 15.0. The van der Waals surface area contributed by atoms with E-state index in [1.54, 1.807) is 0 Å². The fraction of sp³-hybridized carbons (Fsp3) is 0.353. The van der Waals surface area contributed by atoms with Crippen molar-refractivity contribution in [3.63, 3.8) is 0 Å². The van der Waals surface area contributed by atoms with Crippen LogP contribution in [0.4, 0.5) is 0 Å². The van der Waals surface area contributed by atoms with Crippen LogP contribution in [0, 0.1) is 0 Å². The van der Waals surface area contributed by atoms with E-state index in [4.69, 9.17) is 5.73 Å². The van der Waals surface area contributed by atoms with E-state index in [0.717, 1.165) is 16.3 Å². The SMILES string of the molecule is CC(C)(N)C(C)(CC(=O)O)c1ccc2ccccc2c1. The van der Waals surface area contributed by atoms with Crippen LogP contribution in [0.1, 0.15) is 32.8 Å². The lowest BCUT2D eigenvalue weighted by atomic mass is 9.66. The largest absolute Gasteiger partial charge is 0.481 e. The summed E-state index contributed by atoms with van der Waals surface area (Å²) < 4.78 is 0. The molecule has 0 bridgehead atoms. The van der Waals surface area contributed by atoms with Gasteiger partial charge in [0.2, 0.25) is 0 Å². The maximum Gasteiger partial charge on any atom is 0.304 e. The average molecular weight is 271 g/mol. The van der Waals surface area contributed by atoms with E-state index in [9.17, 15) is 9.90 Å². The number of carbonyl (C=O) groups is 1. The Hall–Kier alpha value is -1.87. The molecule has 0 amide bonds. The topological polar surface area (TPSA) is 63.3 Å². The van der Waals surface area contributed by atoms with Crippen LogP contribution in [-0.2, 0) is 10.2 Å². The number of aliphatic carboxylic acids is 1. The minimum absolute atomic E-state index is 0.00877. The van der Waals surface area contributed by atoms with Gasteiger partial charge < -0.3 is 10.8 Å². The van der Waals surface area contributed by atoms with Gasteiger partial charge in [-0.15, -0.1) is 0 Å². The van der Waals surface area contributed by atoms with Crippen LogP contribution >= 0.6 is 0 Å². The van der Waals surface area contributed by atoms with Crippen LogP contribution < -0.4 is 5.73 Å². The summed E-state index contributed by atoms with van der Waals surface area (Å²) in [6.07, 6.45) is 0.00877. The Balaban J connectivity index is 2.59. The zero-order valence-electron chi connectivity index (χ0n) is 12.2. The lowest BCUT2D eigenvalue weighted by Gasteiger charge is -2.41. The zero-order valence-corrected chi connectivity index (χ0v) is 12.2. The molecule has 0 aliphatic heterocycles. The summed E-state index contributed by atoms with van der Waals surface area (Å²) in [7, 11) is 0. The molecular formula is C17H21NO2. The van der Waals surface area contributed by atoms with Crippen molar-refractivity contribution in [1.29, 1.82) is 0 Å². The predicted octanol–water partition coefficient (Wildman–Crippen LogP) is 3.31. The number of hydrogen-bond acceptors (Lipinski definition) is 2. The van der Waals surface area contributed by atoms with E-state index >= 15 is 0 Å². The molecule has 0 radical (unpaired) electrons. The molecule has 0 aliphatic rings. The summed E-state index contributed by atoms with van der Waals surface area (Å²) in [5.41, 5.74) is 5.99. The Morgan fingerprint density at radius 3 is 2.25 bits per heavy atom. The second-order valence-corrected chi connectivity index (χ2v) is 6.19. The molecule has 3 N–H and O–H groups in total. The van der Waals surface area contributed by atoms with Gasteiger partial charge in [0.1, 0.15) is 0 Å². The minimum atomic E-state index is -0.834. The summed E-state index contributed by atoms with van der Waals surface area (Å²) in [6.45, 7) is 5.68. The number of fused-ring (bicyclic) bond motifs is 1. The van der Waals surface area contributed by atoms with Crippen LogP contribution in [-0.4, -0.2) is 16.6 Å². The van der Waals surface area contributed by atoms with Crippen LogP contribution in [0.25, 0.3) is 10.8 Å². The molecule has 1 atom stereocenters. The van der Waals surface area contributed by atoms with Crippen molar-refractivity contribution in [3.8, 4) is 0 Å². The molecule has 0 aromatic heterocycles. The molecule has 0 heterocycles. The van der Waals surface area contributed by atoms with Crippen molar-refractivity contribution in [3.05, 3.63) is 48.0 Å². The maximum absolute atomic E-state index is 11.2. The van der Waals surface area contributed by atoms with Crippen molar-refractivity contribution < 1.29 is 9.90 Å². The Morgan fingerprint density at radius 2 is 1.70 bits per heavy atom. The second-order valence-electron chi connectivity index (χ2n) is 6.19. The Labute approximate surface area is 119 Å². The fourth-order valence-corrected chi connectivity index (χ4v) is 2.54. The molecule has 0 fully saturated rings. The predicted molar refractivity (Wildman–Crippen MR) is 81.8 cm³/mol. The summed E-state index contributed by atoms with van der Waals surface area (Å²) in [4.78, 5) is 11.2. The van der Waals surface area contributed by atoms with E-state index in [1.165, 1.54) is 0 Å². The molecular weight excluding hydrogens is 250 g/mol. The molecule has 0 spiro atoms. The number of carboxylic acids is 1. The average Bonchev–Trinajstić information content (AvgIpc) is 2.36. The quantitative estimate of drug-likeness (QED) is 0.896. The van der Waals surface area contributed by atoms with Crippen molar-refractivity contribution in [2.75, 3.05) is 0 Å². The smallest absolute Gasteiger partial charge is 0.304 e. The van der Waals surface area contributed by atoms with Gasteiger partial charge in [0.05, 0.1) is 6.42 Å². The van der Waals surface area contributed by atoms with Crippen molar-refractivity contribution >= 4 is 16.7 Å². The van der Waals surface area contributed by atoms with Gasteiger partial charge in [-0.25, -0.2) is 0 Å². The Morgan fingerprint density at radius 1 is 1.10 bits per heavy atom. The fourth-order valence-electron chi connectivity index (χ4n) is 2.54. The molecule has 20 heavy (non-hydrogen) atoms. The molecule has 0 saturated heterocycles. The van der Waals surface area contributed by atoms with Crippen LogP contribution in [0.3, 0.4) is 0 Å². The monoisotopic (exact) mass is 271 g/mol. The van der Waals surface area contributed by atoms with Crippen LogP contribution in [0.15, 0.2) is 42.5 Å². The van der Waals surface area contributed by atoms with Crippen LogP contribution in [0.5, 0.6) is 0 Å². The zero-order chi connectivity index (χ0) is 15.0. The first-order valence-corrected chi connectivity index (χ1v) is 6.74. The van der Waals surface area contributed by atoms with Gasteiger partial charge in [-0.1, -0.05) is 49.4 Å². The highest BCUT2D eigenvalue weighted by Crippen LogP contribution is 2.38. The molecule has 1 unspecified atom stereocenters. The highest BCUT2D eigenvalue weighted by Gasteiger charge is 2.41. The third-order valence-electron chi connectivity index (χ3n) is 4.31. The van der Waals surface area contributed by atoms with Crippen molar-refractivity contribution in [2.45, 2.75) is 38.1 Å². The lowest BCUT2D eigenvalue weighted by Crippen LogP contribution is -2.53. The van der Waals surface area contributed by atoms with Gasteiger partial charge in [-0.3, -0.25) is 4.79 Å². The number of nitrogens with two attached hydrogens (primary N) is 1. The molecule has 0 aliphatic carbocycles. The summed E-state index contributed by atoms with van der Waals surface area (Å²) >= 11 is 0. The molecule has 2 aromatic rings. The molecule has 106 valence electrons. The summed E-state index contributed by atoms with van der Waals surface area (Å²) in [6, 6.07) is 14.1. The molecule has 2 rings (SSSR count). The van der Waals surface area contributed by atoms with E-state index in [0.29, 0.717) is 0 Å². The third kappa shape index (κ3) is 2.54. The molecule has 3 heteroatoms. The first-order valence-electron chi connectivity index (χ1n) is 6.74. The van der Waals surface area contributed by atoms with E-state index < -0.39 is 16.9 Å². The molecule has 3 nitrogen and oxygen atoms in total. The van der Waals surface area contributed by atoms with Gasteiger partial charge in [-0.2, -0.15) is 0 Å². The van der Waals surface area contributed by atoms with E-state index in [-0.39, 0.29) is 6.42 Å². The van der Waals surface area contributed by atoms with Crippen LogP contribution in [0.2, 0.25) is 0 Å². The highest BCUT2D eigenvalue weighted by molar-refractivity contribution is 5.83. The van der Waals surface area contributed by atoms with Gasteiger partial charge in [0.15, 0.2) is 0 Å². The Bertz CT molecular complexity index is 643. The number of hydrogen-bond donors (Lipinski definition) is 2. The Kier molecular flexibility index (Phi) is 3.57. The molecule has 2 aromatic carbocycles. The van der Waals surface area contributed by atoms with Crippen molar-refractivity contribution in [1.82, 2.24) is 0 Å². The highest BCUT2D eigenvalue weighted by atomic mass is 16.4. The first-order chi connectivity index (χ1) is 9.24. The van der Waals surface area contributed by atoms with Gasteiger partial charge in [0.25, 0.3) is 0 Å². The van der Waals surface area contributed by atoms with E-state index in [1.807, 2.05) is 63.2 Å². The standard InChI is InChI=1S/C17H21NO2/c1-16(2,18)17(3,11-15(19)20)14-9-8-12-6-4-5-7-13(12)10-14/h4-10H,11,18H2,1-3H3,(H,19,20). The van der Waals surface area contributed by atoms with E-state index in [2.05, 4.69) is 0 Å². The molecule has 0 saturated carbocycles. The maximum atomic E-state index is 11.2. The first kappa shape index (κ1) is 14.5. The number of rotatable bonds is 4. The third-order valence-corrected chi connectivity index (χ3v) is 4.31. The van der Waals surface area contributed by atoms with Gasteiger partial charge in [0, 0.05) is 11.0 Å².